The maximum atomic E-state index is 12.3. The van der Waals surface area contributed by atoms with E-state index in [4.69, 9.17) is 21.1 Å². The van der Waals surface area contributed by atoms with Crippen LogP contribution in [0.3, 0.4) is 0 Å². The van der Waals surface area contributed by atoms with Gasteiger partial charge in [-0.05, 0) is 54.1 Å². The van der Waals surface area contributed by atoms with E-state index in [1.807, 2.05) is 12.1 Å². The fourth-order valence-electron chi connectivity index (χ4n) is 2.75. The van der Waals surface area contributed by atoms with Crippen molar-refractivity contribution in [2.24, 2.45) is 0 Å². The summed E-state index contributed by atoms with van der Waals surface area (Å²) in [5.74, 6) is 0.407. The van der Waals surface area contributed by atoms with Gasteiger partial charge in [-0.25, -0.2) is 0 Å². The molecule has 3 aromatic carbocycles. The highest BCUT2D eigenvalue weighted by atomic mass is 79.9. The van der Waals surface area contributed by atoms with Crippen molar-refractivity contribution < 1.29 is 24.5 Å². The van der Waals surface area contributed by atoms with Crippen LogP contribution < -0.4 is 9.47 Å². The van der Waals surface area contributed by atoms with E-state index >= 15 is 0 Å². The highest BCUT2D eigenvalue weighted by Gasteiger charge is 2.10. The molecule has 0 heterocycles. The van der Waals surface area contributed by atoms with Crippen LogP contribution in [0, 0.1) is 0 Å². The number of hydrogen-bond donors (Lipinski definition) is 2. The molecule has 0 unspecified atom stereocenters. The molecule has 0 aliphatic carbocycles. The van der Waals surface area contributed by atoms with Gasteiger partial charge in [0.05, 0.1) is 17.7 Å². The third kappa shape index (κ3) is 5.34. The molecule has 154 valence electrons. The van der Waals surface area contributed by atoms with Crippen LogP contribution in [0.15, 0.2) is 65.1 Å². The van der Waals surface area contributed by atoms with Crippen molar-refractivity contribution in [3.63, 3.8) is 0 Å². The molecule has 7 heteroatoms. The summed E-state index contributed by atoms with van der Waals surface area (Å²) in [6, 6.07) is 14.6. The highest BCUT2D eigenvalue weighted by molar-refractivity contribution is 9.10. The van der Waals surface area contributed by atoms with Gasteiger partial charge in [0.25, 0.3) is 0 Å². The van der Waals surface area contributed by atoms with Crippen molar-refractivity contribution in [3.8, 4) is 23.0 Å². The Balaban J connectivity index is 1.78. The van der Waals surface area contributed by atoms with Crippen LogP contribution in [0.25, 0.3) is 6.08 Å². The molecule has 0 aliphatic heterocycles. The predicted octanol–water partition coefficient (Wildman–Crippen LogP) is 6.00. The molecule has 0 aromatic heterocycles. The molecular formula is C23H18BrClO5. The van der Waals surface area contributed by atoms with E-state index in [1.54, 1.807) is 37.5 Å². The minimum atomic E-state index is -0.386. The maximum absolute atomic E-state index is 12.3. The Hall–Kier alpha value is -2.96. The first-order valence-electron chi connectivity index (χ1n) is 8.86. The SMILES string of the molecule is COc1ccc(/C=C/C(=O)c2ccc(O)cc2O)cc1COc1ccc(Br)cc1Cl. The molecule has 0 atom stereocenters. The van der Waals surface area contributed by atoms with Crippen LogP contribution >= 0.6 is 27.5 Å². The van der Waals surface area contributed by atoms with Gasteiger partial charge < -0.3 is 19.7 Å². The van der Waals surface area contributed by atoms with Gasteiger partial charge in [0.15, 0.2) is 5.78 Å². The van der Waals surface area contributed by atoms with Crippen molar-refractivity contribution in [2.75, 3.05) is 7.11 Å². The molecule has 3 aromatic rings. The van der Waals surface area contributed by atoms with Crippen molar-refractivity contribution in [3.05, 3.63) is 86.9 Å². The zero-order valence-electron chi connectivity index (χ0n) is 15.9. The molecule has 0 amide bonds. The van der Waals surface area contributed by atoms with Crippen LogP contribution in [0.1, 0.15) is 21.5 Å². The number of carbonyl (C=O) groups is 1. The van der Waals surface area contributed by atoms with Gasteiger partial charge >= 0.3 is 0 Å². The lowest BCUT2D eigenvalue weighted by atomic mass is 10.1. The van der Waals surface area contributed by atoms with Crippen LogP contribution in [0.4, 0.5) is 0 Å². The summed E-state index contributed by atoms with van der Waals surface area (Å²) in [4.78, 5) is 12.3. The third-order valence-corrected chi connectivity index (χ3v) is 5.04. The van der Waals surface area contributed by atoms with Gasteiger partial charge in [-0.3, -0.25) is 4.79 Å². The van der Waals surface area contributed by atoms with Gasteiger partial charge in [-0.2, -0.15) is 0 Å². The number of methoxy groups -OCH3 is 1. The fraction of sp³-hybridized carbons (Fsp3) is 0.0870. The first kappa shape index (κ1) is 21.7. The van der Waals surface area contributed by atoms with Crippen LogP contribution in [0.5, 0.6) is 23.0 Å². The van der Waals surface area contributed by atoms with Crippen molar-refractivity contribution in [1.29, 1.82) is 0 Å². The number of hydrogen-bond acceptors (Lipinski definition) is 5. The summed E-state index contributed by atoms with van der Waals surface area (Å²) < 4.78 is 12.1. The second-order valence-electron chi connectivity index (χ2n) is 6.33. The van der Waals surface area contributed by atoms with Crippen molar-refractivity contribution in [1.82, 2.24) is 0 Å². The van der Waals surface area contributed by atoms with Gasteiger partial charge in [0.1, 0.15) is 29.6 Å². The summed E-state index contributed by atoms with van der Waals surface area (Å²) in [5, 5.41) is 19.7. The van der Waals surface area contributed by atoms with Crippen molar-refractivity contribution in [2.45, 2.75) is 6.61 Å². The zero-order chi connectivity index (χ0) is 21.7. The third-order valence-electron chi connectivity index (χ3n) is 4.26. The molecular weight excluding hydrogens is 472 g/mol. The molecule has 0 spiro atoms. The van der Waals surface area contributed by atoms with E-state index in [1.165, 1.54) is 18.2 Å². The van der Waals surface area contributed by atoms with E-state index in [2.05, 4.69) is 15.9 Å². The Morgan fingerprint density at radius 2 is 1.83 bits per heavy atom. The number of halogens is 2. The minimum Gasteiger partial charge on any atom is -0.508 e. The lowest BCUT2D eigenvalue weighted by Crippen LogP contribution is -2.00. The fourth-order valence-corrected chi connectivity index (χ4v) is 3.48. The standard InChI is InChI=1S/C23H18BrClO5/c1-29-22-8-3-14(2-7-20(27)18-6-5-17(26)12-21(18)28)10-15(22)13-30-23-9-4-16(24)11-19(23)25/h2-12,26,28H,13H2,1H3/b7-2+. The normalized spacial score (nSPS) is 10.9. The molecule has 2 N–H and O–H groups in total. The number of carbonyl (C=O) groups excluding carboxylic acids is 1. The predicted molar refractivity (Wildman–Crippen MR) is 120 cm³/mol. The van der Waals surface area contributed by atoms with Crippen LogP contribution in [-0.2, 0) is 6.61 Å². The minimum absolute atomic E-state index is 0.103. The monoisotopic (exact) mass is 488 g/mol. The topological polar surface area (TPSA) is 76.0 Å². The number of benzene rings is 3. The van der Waals surface area contributed by atoms with Crippen LogP contribution in [0.2, 0.25) is 5.02 Å². The lowest BCUT2D eigenvalue weighted by Gasteiger charge is -2.12. The summed E-state index contributed by atoms with van der Waals surface area (Å²) in [7, 11) is 1.57. The summed E-state index contributed by atoms with van der Waals surface area (Å²) in [5.41, 5.74) is 1.63. The van der Waals surface area contributed by atoms with E-state index in [0.717, 1.165) is 21.7 Å². The van der Waals surface area contributed by atoms with Crippen molar-refractivity contribution >= 4 is 39.4 Å². The molecule has 0 fully saturated rings. The first-order chi connectivity index (χ1) is 14.4. The molecule has 0 saturated carbocycles. The smallest absolute Gasteiger partial charge is 0.189 e. The van der Waals surface area contributed by atoms with Gasteiger partial charge in [-0.15, -0.1) is 0 Å². The summed E-state index contributed by atoms with van der Waals surface area (Å²) >= 11 is 9.55. The number of ether oxygens (including phenoxy) is 2. The Labute approximate surface area is 187 Å². The molecule has 3 rings (SSSR count). The van der Waals surface area contributed by atoms with E-state index < -0.39 is 0 Å². The number of aromatic hydroxyl groups is 2. The quantitative estimate of drug-likeness (QED) is 0.314. The zero-order valence-corrected chi connectivity index (χ0v) is 18.3. The molecule has 0 radical (unpaired) electrons. The first-order valence-corrected chi connectivity index (χ1v) is 10.0. The second-order valence-corrected chi connectivity index (χ2v) is 7.66. The average Bonchev–Trinajstić information content (AvgIpc) is 2.71. The Morgan fingerprint density at radius 3 is 2.53 bits per heavy atom. The molecule has 0 saturated heterocycles. The van der Waals surface area contributed by atoms with Crippen LogP contribution in [-0.4, -0.2) is 23.1 Å². The maximum Gasteiger partial charge on any atom is 0.189 e. The Morgan fingerprint density at radius 1 is 1.07 bits per heavy atom. The van der Waals surface area contributed by atoms with E-state index in [0.29, 0.717) is 16.5 Å². The highest BCUT2D eigenvalue weighted by Crippen LogP contribution is 2.30. The van der Waals surface area contributed by atoms with E-state index in [9.17, 15) is 15.0 Å². The summed E-state index contributed by atoms with van der Waals surface area (Å²) in [6.07, 6.45) is 2.98. The summed E-state index contributed by atoms with van der Waals surface area (Å²) in [6.45, 7) is 0.221. The number of allylic oxidation sites excluding steroid dienone is 1. The molecule has 0 aliphatic rings. The lowest BCUT2D eigenvalue weighted by molar-refractivity contribution is 0.104. The second kappa shape index (κ2) is 9.69. The average molecular weight is 490 g/mol. The number of phenols is 2. The number of phenolic OH excluding ortho intramolecular Hbond substituents is 2. The number of ketones is 1. The van der Waals surface area contributed by atoms with Gasteiger partial charge in [-0.1, -0.05) is 39.7 Å². The molecule has 5 nitrogen and oxygen atoms in total. The largest absolute Gasteiger partial charge is 0.508 e. The molecule has 30 heavy (non-hydrogen) atoms. The van der Waals surface area contributed by atoms with Gasteiger partial charge in [0, 0.05) is 16.1 Å². The van der Waals surface area contributed by atoms with Gasteiger partial charge in [0.2, 0.25) is 0 Å². The number of rotatable bonds is 7. The Kier molecular flexibility index (Phi) is 7.03. The van der Waals surface area contributed by atoms with E-state index in [-0.39, 0.29) is 29.5 Å². The molecule has 0 bridgehead atoms. The Bertz CT molecular complexity index is 1110.